The van der Waals surface area contributed by atoms with E-state index >= 15 is 0 Å². The van der Waals surface area contributed by atoms with Crippen molar-refractivity contribution in [2.24, 2.45) is 0 Å². The predicted molar refractivity (Wildman–Crippen MR) is 156 cm³/mol. The van der Waals surface area contributed by atoms with Gasteiger partial charge in [-0.25, -0.2) is 0 Å². The number of ether oxygens (including phenoxy) is 2. The third-order valence-electron chi connectivity index (χ3n) is 8.22. The molecular formula is C31H42N4O5. The second-order valence-electron chi connectivity index (χ2n) is 10.9. The molecule has 0 radical (unpaired) electrons. The number of carbonyl (C=O) groups excluding carboxylic acids is 1. The molecule has 9 nitrogen and oxygen atoms in total. The van der Waals surface area contributed by atoms with Gasteiger partial charge < -0.3 is 29.1 Å². The van der Waals surface area contributed by atoms with Crippen LogP contribution < -0.4 is 15.8 Å². The molecule has 0 atom stereocenters. The molecule has 1 aromatic carbocycles. The van der Waals surface area contributed by atoms with Crippen LogP contribution in [0.15, 0.2) is 27.4 Å². The maximum Gasteiger partial charge on any atom is 0.253 e. The van der Waals surface area contributed by atoms with E-state index in [0.29, 0.717) is 43.3 Å². The normalized spacial score (nSPS) is 16.9. The molecule has 2 fully saturated rings. The number of aryl methyl sites for hydroxylation is 2. The van der Waals surface area contributed by atoms with E-state index in [2.05, 4.69) is 40.0 Å². The van der Waals surface area contributed by atoms with Crippen LogP contribution in [-0.4, -0.2) is 67.9 Å². The highest BCUT2D eigenvalue weighted by atomic mass is 16.5. The maximum absolute atomic E-state index is 14.0. The summed E-state index contributed by atoms with van der Waals surface area (Å²) in [4.78, 5) is 34.2. The van der Waals surface area contributed by atoms with Gasteiger partial charge in [0.1, 0.15) is 11.3 Å². The van der Waals surface area contributed by atoms with E-state index in [1.54, 1.807) is 0 Å². The summed E-state index contributed by atoms with van der Waals surface area (Å²) < 4.78 is 17.6. The molecule has 0 saturated carbocycles. The van der Waals surface area contributed by atoms with Crippen LogP contribution in [0.4, 0.5) is 5.69 Å². The minimum Gasteiger partial charge on any atom is -0.460 e. The lowest BCUT2D eigenvalue weighted by atomic mass is 9.95. The Labute approximate surface area is 235 Å². The molecule has 2 aliphatic heterocycles. The molecule has 0 aliphatic carbocycles. The van der Waals surface area contributed by atoms with Gasteiger partial charge in [0.2, 0.25) is 0 Å². The third kappa shape index (κ3) is 5.96. The van der Waals surface area contributed by atoms with Crippen molar-refractivity contribution in [3.8, 4) is 0 Å². The van der Waals surface area contributed by atoms with Gasteiger partial charge in [-0.05, 0) is 63.3 Å². The van der Waals surface area contributed by atoms with E-state index in [0.717, 1.165) is 84.9 Å². The minimum atomic E-state index is -0.190. The molecule has 40 heavy (non-hydrogen) atoms. The third-order valence-corrected chi connectivity index (χ3v) is 8.22. The predicted octanol–water partition coefficient (Wildman–Crippen LogP) is 4.07. The molecule has 2 aromatic heterocycles. The van der Waals surface area contributed by atoms with E-state index in [1.165, 1.54) is 0 Å². The zero-order valence-corrected chi connectivity index (χ0v) is 24.2. The minimum absolute atomic E-state index is 0.158. The average Bonchev–Trinajstić information content (AvgIpc) is 3.34. The average molecular weight is 551 g/mol. The summed E-state index contributed by atoms with van der Waals surface area (Å²) in [5.74, 6) is 0.648. The first kappa shape index (κ1) is 28.4. The van der Waals surface area contributed by atoms with E-state index in [9.17, 15) is 9.59 Å². The van der Waals surface area contributed by atoms with Crippen molar-refractivity contribution in [1.82, 2.24) is 15.2 Å². The maximum atomic E-state index is 14.0. The van der Waals surface area contributed by atoms with Gasteiger partial charge in [0.25, 0.3) is 11.5 Å². The summed E-state index contributed by atoms with van der Waals surface area (Å²) in [6.45, 7) is 14.3. The molecule has 0 spiro atoms. The topological polar surface area (TPSA) is 100 Å². The largest absolute Gasteiger partial charge is 0.460 e. The fraction of sp³-hybridized carbons (Fsp3) is 0.548. The number of pyridine rings is 1. The highest BCUT2D eigenvalue weighted by Gasteiger charge is 2.28. The van der Waals surface area contributed by atoms with Gasteiger partial charge in [-0.2, -0.15) is 0 Å². The Morgan fingerprint density at radius 1 is 1.05 bits per heavy atom. The molecule has 0 bridgehead atoms. The molecule has 1 amide bonds. The monoisotopic (exact) mass is 550 g/mol. The lowest BCUT2D eigenvalue weighted by Gasteiger charge is -2.37. The number of morpholine rings is 1. The summed E-state index contributed by atoms with van der Waals surface area (Å²) >= 11 is 0. The van der Waals surface area contributed by atoms with E-state index in [4.69, 9.17) is 13.9 Å². The quantitative estimate of drug-likeness (QED) is 0.414. The Morgan fingerprint density at radius 3 is 2.45 bits per heavy atom. The number of anilines is 1. The lowest BCUT2D eigenvalue weighted by molar-refractivity contribution is 0.0315. The van der Waals surface area contributed by atoms with E-state index in [-0.39, 0.29) is 18.0 Å². The number of carbonyl (C=O) groups is 1. The van der Waals surface area contributed by atoms with Crippen molar-refractivity contribution in [2.75, 3.05) is 51.0 Å². The van der Waals surface area contributed by atoms with Crippen molar-refractivity contribution in [2.45, 2.75) is 66.1 Å². The number of amides is 1. The molecule has 3 aromatic rings. The highest BCUT2D eigenvalue weighted by Crippen LogP contribution is 2.37. The Kier molecular flexibility index (Phi) is 8.93. The molecule has 9 heteroatoms. The second kappa shape index (κ2) is 12.6. The lowest BCUT2D eigenvalue weighted by Crippen LogP contribution is -2.40. The van der Waals surface area contributed by atoms with Crippen molar-refractivity contribution in [1.29, 1.82) is 0 Å². The number of aromatic nitrogens is 1. The Bertz CT molecular complexity index is 1400. The smallest absolute Gasteiger partial charge is 0.253 e. The van der Waals surface area contributed by atoms with Crippen LogP contribution in [0.2, 0.25) is 0 Å². The van der Waals surface area contributed by atoms with Crippen LogP contribution >= 0.6 is 0 Å². The van der Waals surface area contributed by atoms with Crippen molar-refractivity contribution < 1.29 is 18.7 Å². The summed E-state index contributed by atoms with van der Waals surface area (Å²) in [6, 6.07) is 6.42. The molecule has 0 unspecified atom stereocenters. The van der Waals surface area contributed by atoms with Crippen LogP contribution in [0.25, 0.3) is 11.0 Å². The summed E-state index contributed by atoms with van der Waals surface area (Å²) in [5, 5.41) is 3.89. The Morgan fingerprint density at radius 2 is 1.77 bits per heavy atom. The number of rotatable bonds is 9. The number of benzene rings is 1. The first-order chi connectivity index (χ1) is 19.4. The fourth-order valence-corrected chi connectivity index (χ4v) is 6.17. The van der Waals surface area contributed by atoms with Gasteiger partial charge in [0.05, 0.1) is 25.3 Å². The fourth-order valence-electron chi connectivity index (χ4n) is 6.17. The highest BCUT2D eigenvalue weighted by molar-refractivity contribution is 6.09. The van der Waals surface area contributed by atoms with Crippen LogP contribution in [0.5, 0.6) is 0 Å². The van der Waals surface area contributed by atoms with Crippen molar-refractivity contribution >= 4 is 22.6 Å². The first-order valence-corrected chi connectivity index (χ1v) is 14.6. The molecule has 2 aliphatic rings. The van der Waals surface area contributed by atoms with Crippen LogP contribution in [0, 0.1) is 13.8 Å². The SMILES string of the molecule is CCc1c(N(CC)C2CCOCC2)cc2oc(CN3CCOCC3)cc2c1C(=O)NCc1c(C)cc(C)[nH]c1=O. The number of furan rings is 1. The van der Waals surface area contributed by atoms with Crippen LogP contribution in [0.1, 0.15) is 65.2 Å². The number of nitrogens with zero attached hydrogens (tertiary/aromatic N) is 2. The van der Waals surface area contributed by atoms with E-state index < -0.39 is 0 Å². The molecule has 2 N–H and O–H groups in total. The van der Waals surface area contributed by atoms with Gasteiger partial charge in [-0.1, -0.05) is 6.92 Å². The Hall–Kier alpha value is -3.14. The van der Waals surface area contributed by atoms with Gasteiger partial charge in [0, 0.05) is 73.8 Å². The summed E-state index contributed by atoms with van der Waals surface area (Å²) in [6.07, 6.45) is 2.60. The second-order valence-corrected chi connectivity index (χ2v) is 10.9. The molecule has 5 rings (SSSR count). The Balaban J connectivity index is 1.55. The van der Waals surface area contributed by atoms with Gasteiger partial charge >= 0.3 is 0 Å². The standard InChI is InChI=1S/C31H42N4O5/c1-5-24-27(35(6-2)22-7-11-38-12-8-22)17-28-25(16-23(40-28)19-34-9-13-39-14-10-34)29(24)31(37)32-18-26-20(3)15-21(4)33-30(26)36/h15-17,22H,5-14,18-19H2,1-4H3,(H,32,37)(H,33,36). The van der Waals surface area contributed by atoms with Crippen molar-refractivity contribution in [3.63, 3.8) is 0 Å². The molecule has 2 saturated heterocycles. The zero-order valence-electron chi connectivity index (χ0n) is 24.2. The van der Waals surface area contributed by atoms with Gasteiger partial charge in [-0.15, -0.1) is 0 Å². The summed E-state index contributed by atoms with van der Waals surface area (Å²) in [5.41, 5.74) is 5.48. The number of hydrogen-bond donors (Lipinski definition) is 2. The van der Waals surface area contributed by atoms with Crippen LogP contribution in [-0.2, 0) is 29.0 Å². The zero-order chi connectivity index (χ0) is 28.2. The summed E-state index contributed by atoms with van der Waals surface area (Å²) in [7, 11) is 0. The molecule has 4 heterocycles. The van der Waals surface area contributed by atoms with E-state index in [1.807, 2.05) is 26.0 Å². The number of fused-ring (bicyclic) bond motifs is 1. The number of nitrogens with one attached hydrogen (secondary N) is 2. The van der Waals surface area contributed by atoms with Crippen LogP contribution in [0.3, 0.4) is 0 Å². The van der Waals surface area contributed by atoms with Gasteiger partial charge in [0.15, 0.2) is 0 Å². The number of aromatic amines is 1. The first-order valence-electron chi connectivity index (χ1n) is 14.6. The van der Waals surface area contributed by atoms with Gasteiger partial charge in [-0.3, -0.25) is 14.5 Å². The number of hydrogen-bond acceptors (Lipinski definition) is 7. The molecular weight excluding hydrogens is 508 g/mol. The number of H-pyrrole nitrogens is 1. The molecule has 216 valence electrons. The van der Waals surface area contributed by atoms with Crippen molar-refractivity contribution in [3.05, 3.63) is 62.3 Å².